The Morgan fingerprint density at radius 2 is 1.94 bits per heavy atom. The molecule has 1 saturated carbocycles. The zero-order chi connectivity index (χ0) is 11.6. The van der Waals surface area contributed by atoms with E-state index in [4.69, 9.17) is 4.74 Å². The largest absolute Gasteiger partial charge is 0.378 e. The van der Waals surface area contributed by atoms with Crippen molar-refractivity contribution in [2.24, 2.45) is 0 Å². The number of ether oxygens (including phenoxy) is 1. The lowest BCUT2D eigenvalue weighted by atomic mass is 10.2. The highest BCUT2D eigenvalue weighted by molar-refractivity contribution is 7.90. The maximum Gasteiger partial charge on any atom is 0.214 e. The lowest BCUT2D eigenvalue weighted by molar-refractivity contribution is 0.103. The Labute approximate surface area is 97.0 Å². The average molecular weight is 248 g/mol. The second kappa shape index (κ2) is 5.00. The van der Waals surface area contributed by atoms with Crippen LogP contribution < -0.4 is 10.0 Å². The van der Waals surface area contributed by atoms with E-state index in [1.54, 1.807) is 7.11 Å². The van der Waals surface area contributed by atoms with Gasteiger partial charge in [0.05, 0.1) is 17.4 Å². The number of nitrogens with one attached hydrogen (secondary N) is 2. The first-order valence-electron chi connectivity index (χ1n) is 5.88. The van der Waals surface area contributed by atoms with Crippen molar-refractivity contribution in [3.8, 4) is 0 Å². The van der Waals surface area contributed by atoms with Crippen molar-refractivity contribution in [3.63, 3.8) is 0 Å². The monoisotopic (exact) mass is 248 g/mol. The SMILES string of the molecule is CO[C@H]1CNCC1NS(=O)(=O)C1CCCC1. The number of methoxy groups -OCH3 is 1. The van der Waals surface area contributed by atoms with Gasteiger partial charge in [-0.25, -0.2) is 13.1 Å². The van der Waals surface area contributed by atoms with Gasteiger partial charge in [-0.1, -0.05) is 12.8 Å². The Kier molecular flexibility index (Phi) is 3.84. The summed E-state index contributed by atoms with van der Waals surface area (Å²) in [6, 6.07) is -0.115. The summed E-state index contributed by atoms with van der Waals surface area (Å²) >= 11 is 0. The highest BCUT2D eigenvalue weighted by atomic mass is 32.2. The van der Waals surface area contributed by atoms with E-state index >= 15 is 0 Å². The molecule has 1 saturated heterocycles. The quantitative estimate of drug-likeness (QED) is 0.725. The molecule has 0 bridgehead atoms. The van der Waals surface area contributed by atoms with Crippen LogP contribution in [0.5, 0.6) is 0 Å². The van der Waals surface area contributed by atoms with Crippen LogP contribution in [0.2, 0.25) is 0 Å². The summed E-state index contributed by atoms with van der Waals surface area (Å²) in [6.07, 6.45) is 3.61. The fourth-order valence-corrected chi connectivity index (χ4v) is 4.33. The Morgan fingerprint density at radius 1 is 1.25 bits per heavy atom. The Morgan fingerprint density at radius 3 is 2.56 bits per heavy atom. The van der Waals surface area contributed by atoms with Crippen LogP contribution in [-0.2, 0) is 14.8 Å². The molecule has 2 atom stereocenters. The van der Waals surface area contributed by atoms with Crippen LogP contribution in [0, 0.1) is 0 Å². The number of hydrogen-bond donors (Lipinski definition) is 2. The molecule has 1 unspecified atom stereocenters. The van der Waals surface area contributed by atoms with E-state index in [0.717, 1.165) is 25.7 Å². The molecule has 94 valence electrons. The van der Waals surface area contributed by atoms with Crippen molar-refractivity contribution in [1.29, 1.82) is 0 Å². The lowest BCUT2D eigenvalue weighted by Crippen LogP contribution is -2.46. The topological polar surface area (TPSA) is 67.4 Å². The van der Waals surface area contributed by atoms with E-state index in [-0.39, 0.29) is 17.4 Å². The highest BCUT2D eigenvalue weighted by Gasteiger charge is 2.35. The number of hydrogen-bond acceptors (Lipinski definition) is 4. The normalized spacial score (nSPS) is 32.3. The molecule has 5 nitrogen and oxygen atoms in total. The van der Waals surface area contributed by atoms with Gasteiger partial charge in [0.25, 0.3) is 0 Å². The van der Waals surface area contributed by atoms with E-state index in [1.807, 2.05) is 0 Å². The molecule has 0 aromatic rings. The summed E-state index contributed by atoms with van der Waals surface area (Å²) in [5.74, 6) is 0. The molecule has 1 heterocycles. The molecule has 1 aliphatic heterocycles. The summed E-state index contributed by atoms with van der Waals surface area (Å²) in [5.41, 5.74) is 0. The molecule has 0 radical (unpaired) electrons. The van der Waals surface area contributed by atoms with E-state index in [1.165, 1.54) is 0 Å². The second-order valence-corrected chi connectivity index (χ2v) is 6.60. The Bertz CT molecular complexity index is 325. The van der Waals surface area contributed by atoms with Crippen LogP contribution in [0.3, 0.4) is 0 Å². The van der Waals surface area contributed by atoms with Gasteiger partial charge >= 0.3 is 0 Å². The molecular weight excluding hydrogens is 228 g/mol. The first-order valence-corrected chi connectivity index (χ1v) is 7.43. The van der Waals surface area contributed by atoms with Gasteiger partial charge in [-0.15, -0.1) is 0 Å². The van der Waals surface area contributed by atoms with E-state index < -0.39 is 10.0 Å². The first-order chi connectivity index (χ1) is 7.63. The van der Waals surface area contributed by atoms with Crippen molar-refractivity contribution in [1.82, 2.24) is 10.0 Å². The third kappa shape index (κ3) is 2.56. The maximum atomic E-state index is 12.1. The number of sulfonamides is 1. The third-order valence-electron chi connectivity index (χ3n) is 3.52. The molecule has 2 rings (SSSR count). The average Bonchev–Trinajstić information content (AvgIpc) is 2.86. The van der Waals surface area contributed by atoms with Crippen LogP contribution in [-0.4, -0.2) is 46.0 Å². The molecule has 2 fully saturated rings. The van der Waals surface area contributed by atoms with E-state index in [0.29, 0.717) is 13.1 Å². The van der Waals surface area contributed by atoms with Gasteiger partial charge in [-0.05, 0) is 12.8 Å². The standard InChI is InChI=1S/C10H20N2O3S/c1-15-10-7-11-6-9(10)12-16(13,14)8-4-2-3-5-8/h8-12H,2-7H2,1H3/t9?,10-/m0/s1. The van der Waals surface area contributed by atoms with Gasteiger partial charge in [0.1, 0.15) is 0 Å². The van der Waals surface area contributed by atoms with E-state index in [2.05, 4.69) is 10.0 Å². The highest BCUT2D eigenvalue weighted by Crippen LogP contribution is 2.24. The molecular formula is C10H20N2O3S. The van der Waals surface area contributed by atoms with Crippen LogP contribution in [0.15, 0.2) is 0 Å². The molecule has 6 heteroatoms. The summed E-state index contributed by atoms with van der Waals surface area (Å²) < 4.78 is 32.1. The lowest BCUT2D eigenvalue weighted by Gasteiger charge is -2.21. The smallest absolute Gasteiger partial charge is 0.214 e. The minimum atomic E-state index is -3.16. The van der Waals surface area contributed by atoms with Crippen molar-refractivity contribution in [3.05, 3.63) is 0 Å². The summed E-state index contributed by atoms with van der Waals surface area (Å²) in [5, 5.41) is 2.95. The molecule has 2 aliphatic rings. The molecule has 1 aliphatic carbocycles. The second-order valence-electron chi connectivity index (χ2n) is 4.61. The third-order valence-corrected chi connectivity index (χ3v) is 5.50. The summed E-state index contributed by atoms with van der Waals surface area (Å²) in [7, 11) is -1.54. The van der Waals surface area contributed by atoms with Crippen LogP contribution in [0.25, 0.3) is 0 Å². The van der Waals surface area contributed by atoms with Gasteiger partial charge in [-0.2, -0.15) is 0 Å². The fourth-order valence-electron chi connectivity index (χ4n) is 2.53. The fraction of sp³-hybridized carbons (Fsp3) is 1.00. The van der Waals surface area contributed by atoms with Crippen molar-refractivity contribution >= 4 is 10.0 Å². The predicted molar refractivity (Wildman–Crippen MR) is 61.8 cm³/mol. The Hall–Kier alpha value is -0.170. The van der Waals surface area contributed by atoms with Gasteiger partial charge in [-0.3, -0.25) is 0 Å². The van der Waals surface area contributed by atoms with Crippen LogP contribution in [0.4, 0.5) is 0 Å². The van der Waals surface area contributed by atoms with Gasteiger partial charge < -0.3 is 10.1 Å². The van der Waals surface area contributed by atoms with Gasteiger partial charge in [0.15, 0.2) is 0 Å². The summed E-state index contributed by atoms with van der Waals surface area (Å²) in [6.45, 7) is 1.37. The van der Waals surface area contributed by atoms with Gasteiger partial charge in [0.2, 0.25) is 10.0 Å². The Balaban J connectivity index is 1.97. The molecule has 0 aromatic heterocycles. The molecule has 0 aromatic carbocycles. The van der Waals surface area contributed by atoms with Gasteiger partial charge in [0, 0.05) is 20.2 Å². The van der Waals surface area contributed by atoms with Crippen LogP contribution in [0.1, 0.15) is 25.7 Å². The zero-order valence-electron chi connectivity index (χ0n) is 9.61. The molecule has 2 N–H and O–H groups in total. The maximum absolute atomic E-state index is 12.1. The summed E-state index contributed by atoms with van der Waals surface area (Å²) in [4.78, 5) is 0. The zero-order valence-corrected chi connectivity index (χ0v) is 10.4. The first kappa shape index (κ1) is 12.3. The van der Waals surface area contributed by atoms with Crippen molar-refractivity contribution in [2.75, 3.05) is 20.2 Å². The predicted octanol–water partition coefficient (Wildman–Crippen LogP) is -0.165. The minimum absolute atomic E-state index is 0.0452. The molecule has 0 spiro atoms. The molecule has 0 amide bonds. The number of rotatable bonds is 4. The van der Waals surface area contributed by atoms with Crippen LogP contribution >= 0.6 is 0 Å². The minimum Gasteiger partial charge on any atom is -0.378 e. The van der Waals surface area contributed by atoms with E-state index in [9.17, 15) is 8.42 Å². The van der Waals surface area contributed by atoms with Crippen molar-refractivity contribution < 1.29 is 13.2 Å². The molecule has 16 heavy (non-hydrogen) atoms. The van der Waals surface area contributed by atoms with Crippen molar-refractivity contribution in [2.45, 2.75) is 43.1 Å².